The number of amides is 1. The first-order chi connectivity index (χ1) is 14.3. The molecule has 162 valence electrons. The van der Waals surface area contributed by atoms with E-state index in [1.165, 1.54) is 22.5 Å². The minimum atomic E-state index is -3.67. The van der Waals surface area contributed by atoms with Crippen LogP contribution in [0.3, 0.4) is 0 Å². The molecule has 3 rings (SSSR count). The van der Waals surface area contributed by atoms with Crippen LogP contribution in [0.2, 0.25) is 10.0 Å². The number of hydrogen-bond acceptors (Lipinski definition) is 4. The molecule has 0 radical (unpaired) electrons. The molecular weight excluding hydrogens is 447 g/mol. The molecule has 0 aliphatic carbocycles. The largest absolute Gasteiger partial charge is 0.490 e. The molecule has 0 saturated carbocycles. The highest BCUT2D eigenvalue weighted by Crippen LogP contribution is 2.27. The molecule has 1 aliphatic heterocycles. The van der Waals surface area contributed by atoms with Crippen molar-refractivity contribution in [3.8, 4) is 5.75 Å². The molecule has 9 heteroatoms. The second kappa shape index (κ2) is 10.0. The summed E-state index contributed by atoms with van der Waals surface area (Å²) in [6.07, 6.45) is 1.65. The molecular formula is C21H24Cl2N2O4S. The number of nitrogens with zero attached hydrogens (tertiary/aromatic N) is 1. The van der Waals surface area contributed by atoms with Crippen LogP contribution in [0, 0.1) is 5.92 Å². The van der Waals surface area contributed by atoms with Crippen molar-refractivity contribution in [1.29, 1.82) is 0 Å². The SMILES string of the molecule is CC1CCN(S(=O)(=O)c2ccc(Cl)c(C(=O)NCCOc3ccccc3Cl)c2)CC1. The van der Waals surface area contributed by atoms with E-state index >= 15 is 0 Å². The van der Waals surface area contributed by atoms with E-state index in [2.05, 4.69) is 12.2 Å². The van der Waals surface area contributed by atoms with Gasteiger partial charge >= 0.3 is 0 Å². The van der Waals surface area contributed by atoms with Gasteiger partial charge in [0.2, 0.25) is 10.0 Å². The van der Waals surface area contributed by atoms with Crippen molar-refractivity contribution in [3.05, 3.63) is 58.1 Å². The van der Waals surface area contributed by atoms with Crippen molar-refractivity contribution in [2.45, 2.75) is 24.7 Å². The van der Waals surface area contributed by atoms with Crippen LogP contribution in [0.5, 0.6) is 5.75 Å². The molecule has 30 heavy (non-hydrogen) atoms. The molecule has 2 aromatic carbocycles. The van der Waals surface area contributed by atoms with Crippen LogP contribution in [0.25, 0.3) is 0 Å². The number of para-hydroxylation sites is 1. The standard InChI is InChI=1S/C21H24Cl2N2O4S/c1-15-8-11-25(12-9-15)30(27,28)16-6-7-18(22)17(14-16)21(26)24-10-13-29-20-5-3-2-4-19(20)23/h2-7,14-15H,8-13H2,1H3,(H,24,26). The zero-order valence-corrected chi connectivity index (χ0v) is 18.9. The van der Waals surface area contributed by atoms with Crippen LogP contribution in [0.15, 0.2) is 47.4 Å². The Hall–Kier alpha value is -1.80. The van der Waals surface area contributed by atoms with E-state index in [1.807, 2.05) is 0 Å². The van der Waals surface area contributed by atoms with Crippen molar-refractivity contribution < 1.29 is 17.9 Å². The van der Waals surface area contributed by atoms with Crippen LogP contribution in [0.1, 0.15) is 30.1 Å². The van der Waals surface area contributed by atoms with Gasteiger partial charge in [0.25, 0.3) is 5.91 Å². The number of benzene rings is 2. The summed E-state index contributed by atoms with van der Waals surface area (Å²) >= 11 is 12.2. The highest BCUT2D eigenvalue weighted by atomic mass is 35.5. The molecule has 0 bridgehead atoms. The second-order valence-electron chi connectivity index (χ2n) is 7.26. The number of hydrogen-bond donors (Lipinski definition) is 1. The van der Waals surface area contributed by atoms with E-state index in [9.17, 15) is 13.2 Å². The van der Waals surface area contributed by atoms with Crippen molar-refractivity contribution in [3.63, 3.8) is 0 Å². The van der Waals surface area contributed by atoms with Crippen LogP contribution in [-0.4, -0.2) is 44.9 Å². The summed E-state index contributed by atoms with van der Waals surface area (Å²) in [5.74, 6) is 0.568. The fourth-order valence-corrected chi connectivity index (χ4v) is 5.09. The molecule has 1 amide bonds. The normalized spacial score (nSPS) is 15.7. The number of piperidine rings is 1. The van der Waals surface area contributed by atoms with E-state index < -0.39 is 15.9 Å². The smallest absolute Gasteiger partial charge is 0.252 e. The van der Waals surface area contributed by atoms with Gasteiger partial charge in [-0.1, -0.05) is 42.3 Å². The number of nitrogens with one attached hydrogen (secondary N) is 1. The van der Waals surface area contributed by atoms with Gasteiger partial charge in [-0.05, 0) is 49.1 Å². The van der Waals surface area contributed by atoms with Gasteiger partial charge in [0.1, 0.15) is 12.4 Å². The van der Waals surface area contributed by atoms with Gasteiger partial charge in [-0.25, -0.2) is 8.42 Å². The Morgan fingerprint density at radius 2 is 1.83 bits per heavy atom. The third kappa shape index (κ3) is 5.46. The van der Waals surface area contributed by atoms with E-state index in [0.29, 0.717) is 29.8 Å². The minimum absolute atomic E-state index is 0.0684. The zero-order valence-electron chi connectivity index (χ0n) is 16.6. The lowest BCUT2D eigenvalue weighted by atomic mass is 10.0. The van der Waals surface area contributed by atoms with Crippen LogP contribution in [-0.2, 0) is 10.0 Å². The number of ether oxygens (including phenoxy) is 1. The molecule has 1 fully saturated rings. The lowest BCUT2D eigenvalue weighted by Gasteiger charge is -2.29. The predicted molar refractivity (Wildman–Crippen MR) is 118 cm³/mol. The van der Waals surface area contributed by atoms with Gasteiger partial charge in [0.05, 0.1) is 27.0 Å². The Balaban J connectivity index is 1.64. The third-order valence-corrected chi connectivity index (χ3v) is 7.58. The fourth-order valence-electron chi connectivity index (χ4n) is 3.20. The average Bonchev–Trinajstić information content (AvgIpc) is 2.72. The van der Waals surface area contributed by atoms with E-state index in [1.54, 1.807) is 24.3 Å². The summed E-state index contributed by atoms with van der Waals surface area (Å²) in [6.45, 7) is 3.49. The van der Waals surface area contributed by atoms with Crippen molar-refractivity contribution in [2.24, 2.45) is 5.92 Å². The van der Waals surface area contributed by atoms with Gasteiger partial charge in [-0.15, -0.1) is 0 Å². The van der Waals surface area contributed by atoms with Crippen LogP contribution < -0.4 is 10.1 Å². The third-order valence-electron chi connectivity index (χ3n) is 5.04. The fraction of sp³-hybridized carbons (Fsp3) is 0.381. The van der Waals surface area contributed by atoms with Gasteiger partial charge < -0.3 is 10.1 Å². The van der Waals surface area contributed by atoms with Gasteiger partial charge in [-0.2, -0.15) is 4.31 Å². The number of halogens is 2. The molecule has 0 spiro atoms. The molecule has 1 N–H and O–H groups in total. The summed E-state index contributed by atoms with van der Waals surface area (Å²) in [5.41, 5.74) is 0.112. The summed E-state index contributed by atoms with van der Waals surface area (Å²) in [5, 5.41) is 3.36. The van der Waals surface area contributed by atoms with E-state index in [4.69, 9.17) is 27.9 Å². The summed E-state index contributed by atoms with van der Waals surface area (Å²) in [7, 11) is -3.67. The first-order valence-corrected chi connectivity index (χ1v) is 11.9. The Labute approximate surface area is 187 Å². The molecule has 6 nitrogen and oxygen atoms in total. The van der Waals surface area contributed by atoms with E-state index in [-0.39, 0.29) is 28.6 Å². The van der Waals surface area contributed by atoms with Crippen molar-refractivity contribution in [1.82, 2.24) is 9.62 Å². The molecule has 0 unspecified atom stereocenters. The predicted octanol–water partition coefficient (Wildman–Crippen LogP) is 4.22. The maximum Gasteiger partial charge on any atom is 0.252 e. The number of sulfonamides is 1. The van der Waals surface area contributed by atoms with Crippen molar-refractivity contribution >= 4 is 39.1 Å². The van der Waals surface area contributed by atoms with Crippen LogP contribution in [0.4, 0.5) is 0 Å². The highest BCUT2D eigenvalue weighted by molar-refractivity contribution is 7.89. The maximum absolute atomic E-state index is 12.9. The first-order valence-electron chi connectivity index (χ1n) is 9.74. The number of rotatable bonds is 7. The Morgan fingerprint density at radius 3 is 2.53 bits per heavy atom. The lowest BCUT2D eigenvalue weighted by molar-refractivity contribution is 0.0947. The Bertz CT molecular complexity index is 1010. The Kier molecular flexibility index (Phi) is 7.63. The van der Waals surface area contributed by atoms with E-state index in [0.717, 1.165) is 12.8 Å². The first kappa shape index (κ1) is 22.9. The zero-order chi connectivity index (χ0) is 21.7. The lowest BCUT2D eigenvalue weighted by Crippen LogP contribution is -2.38. The molecule has 1 saturated heterocycles. The Morgan fingerprint density at radius 1 is 1.13 bits per heavy atom. The monoisotopic (exact) mass is 470 g/mol. The topological polar surface area (TPSA) is 75.7 Å². The number of carbonyl (C=O) groups excluding carboxylic acids is 1. The van der Waals surface area contributed by atoms with Crippen molar-refractivity contribution in [2.75, 3.05) is 26.2 Å². The van der Waals surface area contributed by atoms with Gasteiger partial charge in [0, 0.05) is 13.1 Å². The molecule has 0 aromatic heterocycles. The van der Waals surface area contributed by atoms with Gasteiger partial charge in [-0.3, -0.25) is 4.79 Å². The molecule has 0 atom stereocenters. The molecule has 2 aromatic rings. The highest BCUT2D eigenvalue weighted by Gasteiger charge is 2.29. The quantitative estimate of drug-likeness (QED) is 0.614. The average molecular weight is 471 g/mol. The maximum atomic E-state index is 12.9. The second-order valence-corrected chi connectivity index (χ2v) is 10.0. The summed E-state index contributed by atoms with van der Waals surface area (Å²) in [6, 6.07) is 11.3. The summed E-state index contributed by atoms with van der Waals surface area (Å²) < 4.78 is 32.9. The number of carbonyl (C=O) groups is 1. The summed E-state index contributed by atoms with van der Waals surface area (Å²) in [4.78, 5) is 12.6. The minimum Gasteiger partial charge on any atom is -0.490 e. The molecule has 1 aliphatic rings. The molecule has 1 heterocycles. The van der Waals surface area contributed by atoms with Crippen LogP contribution >= 0.6 is 23.2 Å². The van der Waals surface area contributed by atoms with Gasteiger partial charge in [0.15, 0.2) is 0 Å².